The Morgan fingerprint density at radius 3 is 1.36 bits per heavy atom. The first-order chi connectivity index (χ1) is 14.4. The fourth-order valence-electron chi connectivity index (χ4n) is 1.99. The lowest BCUT2D eigenvalue weighted by atomic mass is 9.91. The van der Waals surface area contributed by atoms with Crippen molar-refractivity contribution in [3.8, 4) is 5.75 Å². The van der Waals surface area contributed by atoms with Crippen molar-refractivity contribution >= 4 is 11.6 Å². The Morgan fingerprint density at radius 2 is 1.00 bits per heavy atom. The molecule has 0 bridgehead atoms. The number of nitrogens with one attached hydrogen (secondary N) is 1. The van der Waals surface area contributed by atoms with Gasteiger partial charge in [-0.05, 0) is 24.3 Å². The second-order valence-electron chi connectivity index (χ2n) is 6.13. The van der Waals surface area contributed by atoms with Crippen molar-refractivity contribution in [2.45, 2.75) is 41.7 Å². The Kier molecular flexibility index (Phi) is 6.93. The molecule has 0 saturated carbocycles. The van der Waals surface area contributed by atoms with Crippen LogP contribution in [0.25, 0.3) is 0 Å². The molecule has 0 fully saturated rings. The second kappa shape index (κ2) is 8.03. The molecular weight excluding hydrogens is 511 g/mol. The summed E-state index contributed by atoms with van der Waals surface area (Å²) < 4.78 is 201. The SMILES string of the molecule is COc1ccc(NC(=O)C(F)(F)C(F)(F)C(F)(F)C(F)(F)C(F)(F)C(F)(F)C(F)(F)F)cc1. The van der Waals surface area contributed by atoms with Crippen LogP contribution in [0.15, 0.2) is 24.3 Å². The van der Waals surface area contributed by atoms with E-state index < -0.39 is 53.3 Å². The molecule has 1 aromatic rings. The van der Waals surface area contributed by atoms with E-state index in [-0.39, 0.29) is 5.75 Å². The van der Waals surface area contributed by atoms with Gasteiger partial charge in [-0.25, -0.2) is 0 Å². The van der Waals surface area contributed by atoms with Gasteiger partial charge in [0.25, 0.3) is 0 Å². The Morgan fingerprint density at radius 1 is 0.636 bits per heavy atom. The van der Waals surface area contributed by atoms with Crippen molar-refractivity contribution < 1.29 is 75.4 Å². The van der Waals surface area contributed by atoms with Crippen LogP contribution < -0.4 is 10.1 Å². The summed E-state index contributed by atoms with van der Waals surface area (Å²) in [5.41, 5.74) is -0.875. The summed E-state index contributed by atoms with van der Waals surface area (Å²) in [5.74, 6) is -51.7. The van der Waals surface area contributed by atoms with Crippen LogP contribution in [0.4, 0.5) is 71.5 Å². The van der Waals surface area contributed by atoms with Gasteiger partial charge in [-0.3, -0.25) is 4.79 Å². The summed E-state index contributed by atoms with van der Waals surface area (Å²) in [6.45, 7) is 0. The number of rotatable bonds is 8. The number of alkyl halides is 15. The number of methoxy groups -OCH3 is 1. The van der Waals surface area contributed by atoms with Crippen molar-refractivity contribution in [2.75, 3.05) is 12.4 Å². The molecule has 33 heavy (non-hydrogen) atoms. The van der Waals surface area contributed by atoms with Crippen LogP contribution >= 0.6 is 0 Å². The van der Waals surface area contributed by atoms with Crippen LogP contribution in [0, 0.1) is 0 Å². The predicted octanol–water partition coefficient (Wildman–Crippen LogP) is 6.01. The molecular formula is C15H8F15NO2. The third-order valence-electron chi connectivity index (χ3n) is 3.96. The molecule has 1 amide bonds. The molecule has 0 atom stereocenters. The van der Waals surface area contributed by atoms with Gasteiger partial charge < -0.3 is 10.1 Å². The summed E-state index contributed by atoms with van der Waals surface area (Å²) in [6, 6.07) is 3.04. The Hall–Kier alpha value is -2.56. The number of hydrogen-bond acceptors (Lipinski definition) is 2. The molecule has 18 heteroatoms. The Balaban J connectivity index is 3.44. The number of carbonyl (C=O) groups excluding carboxylic acids is 1. The number of benzene rings is 1. The molecule has 0 aliphatic heterocycles. The molecule has 0 aliphatic carbocycles. The number of halogens is 15. The number of hydrogen-bond donors (Lipinski definition) is 1. The fourth-order valence-corrected chi connectivity index (χ4v) is 1.99. The Bertz CT molecular complexity index is 861. The highest BCUT2D eigenvalue weighted by atomic mass is 19.4. The summed E-state index contributed by atoms with van der Waals surface area (Å²) in [7, 11) is 1.09. The van der Waals surface area contributed by atoms with E-state index in [2.05, 4.69) is 4.74 Å². The minimum atomic E-state index is -8.45. The number of ether oxygens (including phenoxy) is 1. The Labute approximate surface area is 172 Å². The highest BCUT2D eigenvalue weighted by molar-refractivity contribution is 5.97. The maximum atomic E-state index is 13.7. The second-order valence-corrected chi connectivity index (χ2v) is 6.13. The maximum absolute atomic E-state index is 13.7. The van der Waals surface area contributed by atoms with Crippen LogP contribution in [0.1, 0.15) is 0 Å². The first kappa shape index (κ1) is 28.5. The minimum Gasteiger partial charge on any atom is -0.497 e. The van der Waals surface area contributed by atoms with E-state index in [1.807, 2.05) is 0 Å². The van der Waals surface area contributed by atoms with Crippen molar-refractivity contribution in [1.82, 2.24) is 0 Å². The molecule has 0 radical (unpaired) electrons. The van der Waals surface area contributed by atoms with Gasteiger partial charge in [0.15, 0.2) is 0 Å². The normalized spacial score (nSPS) is 14.8. The molecule has 1 aromatic carbocycles. The molecule has 1 rings (SSSR count). The molecule has 3 nitrogen and oxygen atoms in total. The van der Waals surface area contributed by atoms with Gasteiger partial charge in [-0.1, -0.05) is 0 Å². The van der Waals surface area contributed by atoms with E-state index in [1.54, 1.807) is 0 Å². The van der Waals surface area contributed by atoms with Gasteiger partial charge in [0.05, 0.1) is 7.11 Å². The highest BCUT2D eigenvalue weighted by Crippen LogP contribution is 2.62. The van der Waals surface area contributed by atoms with E-state index >= 15 is 0 Å². The van der Waals surface area contributed by atoms with Gasteiger partial charge >= 0.3 is 47.6 Å². The van der Waals surface area contributed by atoms with Gasteiger partial charge in [0, 0.05) is 5.69 Å². The van der Waals surface area contributed by atoms with Crippen LogP contribution in [0.2, 0.25) is 0 Å². The lowest BCUT2D eigenvalue weighted by molar-refractivity contribution is -0.449. The van der Waals surface area contributed by atoms with Crippen molar-refractivity contribution in [3.05, 3.63) is 24.3 Å². The van der Waals surface area contributed by atoms with E-state index in [0.717, 1.165) is 24.6 Å². The van der Waals surface area contributed by atoms with Crippen molar-refractivity contribution in [3.63, 3.8) is 0 Å². The number of amides is 1. The lowest BCUT2D eigenvalue weighted by Crippen LogP contribution is -2.73. The minimum absolute atomic E-state index is 0.0240. The smallest absolute Gasteiger partial charge is 0.460 e. The molecule has 0 aliphatic rings. The van der Waals surface area contributed by atoms with Crippen LogP contribution in [-0.2, 0) is 4.79 Å². The monoisotopic (exact) mass is 519 g/mol. The van der Waals surface area contributed by atoms with Crippen LogP contribution in [0.5, 0.6) is 5.75 Å². The van der Waals surface area contributed by atoms with Crippen LogP contribution in [0.3, 0.4) is 0 Å². The third-order valence-corrected chi connectivity index (χ3v) is 3.96. The molecule has 0 saturated heterocycles. The summed E-state index contributed by atoms with van der Waals surface area (Å²) in [5, 5.41) is 0.838. The summed E-state index contributed by atoms with van der Waals surface area (Å²) in [6.07, 6.45) is -7.69. The average molecular weight is 519 g/mol. The zero-order chi connectivity index (χ0) is 26.5. The third kappa shape index (κ3) is 4.11. The molecule has 1 N–H and O–H groups in total. The molecule has 0 spiro atoms. The zero-order valence-electron chi connectivity index (χ0n) is 15.3. The zero-order valence-corrected chi connectivity index (χ0v) is 15.3. The van der Waals surface area contributed by atoms with Crippen molar-refractivity contribution in [1.29, 1.82) is 0 Å². The molecule has 190 valence electrons. The van der Waals surface area contributed by atoms with Crippen LogP contribution in [-0.4, -0.2) is 54.7 Å². The average Bonchev–Trinajstić information content (AvgIpc) is 2.66. The molecule has 0 heterocycles. The van der Waals surface area contributed by atoms with E-state index in [9.17, 15) is 70.7 Å². The topological polar surface area (TPSA) is 38.3 Å². The molecule has 0 unspecified atom stereocenters. The van der Waals surface area contributed by atoms with Gasteiger partial charge in [-0.15, -0.1) is 0 Å². The number of anilines is 1. The van der Waals surface area contributed by atoms with Gasteiger partial charge in [-0.2, -0.15) is 65.9 Å². The first-order valence-corrected chi connectivity index (χ1v) is 7.72. The highest BCUT2D eigenvalue weighted by Gasteiger charge is 2.94. The quantitative estimate of drug-likeness (QED) is 0.428. The predicted molar refractivity (Wildman–Crippen MR) is 77.4 cm³/mol. The lowest BCUT2D eigenvalue weighted by Gasteiger charge is -2.41. The summed E-state index contributed by atoms with van der Waals surface area (Å²) >= 11 is 0. The standard InChI is InChI=1S/C15H8F15NO2/c1-33-7-4-2-6(3-5-7)31-8(32)9(16,17)10(18,19)11(20,21)12(22,23)13(24,25)14(26,27)15(28,29)30/h2-5H,1H3,(H,31,32). The fraction of sp³-hybridized carbons (Fsp3) is 0.533. The first-order valence-electron chi connectivity index (χ1n) is 7.72. The van der Waals surface area contributed by atoms with E-state index in [0.29, 0.717) is 12.1 Å². The summed E-state index contributed by atoms with van der Waals surface area (Å²) in [4.78, 5) is 11.3. The van der Waals surface area contributed by atoms with E-state index in [1.165, 1.54) is 0 Å². The van der Waals surface area contributed by atoms with Crippen molar-refractivity contribution in [2.24, 2.45) is 0 Å². The molecule has 0 aromatic heterocycles. The van der Waals surface area contributed by atoms with Gasteiger partial charge in [0.2, 0.25) is 0 Å². The largest absolute Gasteiger partial charge is 0.497 e. The maximum Gasteiger partial charge on any atom is 0.460 e. The van der Waals surface area contributed by atoms with E-state index in [4.69, 9.17) is 0 Å². The number of carbonyl (C=O) groups is 1. The van der Waals surface area contributed by atoms with Gasteiger partial charge in [0.1, 0.15) is 5.75 Å².